The summed E-state index contributed by atoms with van der Waals surface area (Å²) >= 11 is 0. The third kappa shape index (κ3) is 4.19. The van der Waals surface area contributed by atoms with E-state index in [4.69, 9.17) is 0 Å². The summed E-state index contributed by atoms with van der Waals surface area (Å²) in [5, 5.41) is 13.1. The Hall–Kier alpha value is -1.92. The van der Waals surface area contributed by atoms with E-state index in [1.807, 2.05) is 19.9 Å². The van der Waals surface area contributed by atoms with Gasteiger partial charge in [0.1, 0.15) is 6.04 Å². The lowest BCUT2D eigenvalue weighted by molar-refractivity contribution is -0.128. The van der Waals surface area contributed by atoms with E-state index in [2.05, 4.69) is 28.4 Å². The Morgan fingerprint density at radius 1 is 1.20 bits per heavy atom. The Morgan fingerprint density at radius 3 is 2.64 bits per heavy atom. The molecule has 136 valence electrons. The van der Waals surface area contributed by atoms with E-state index in [0.29, 0.717) is 18.9 Å². The third-order valence-electron chi connectivity index (χ3n) is 4.89. The summed E-state index contributed by atoms with van der Waals surface area (Å²) in [5.74, 6) is 0.106. The average molecular weight is 345 g/mol. The standard InChI is InChI=1S/C19H27N3O3/c1-13(2)9-17-18(24)22(19(25)20-17)12-16(23)11-21-8-7-14-5-3-4-6-15(14)10-21/h3-6,13,16-17,23H,7-12H2,1-2H3,(H,20,25)/t16-,17-/m0/s1. The zero-order valence-corrected chi connectivity index (χ0v) is 14.9. The molecule has 2 heterocycles. The van der Waals surface area contributed by atoms with Crippen LogP contribution in [0.4, 0.5) is 4.79 Å². The Morgan fingerprint density at radius 2 is 1.92 bits per heavy atom. The van der Waals surface area contributed by atoms with Crippen LogP contribution in [0.5, 0.6) is 0 Å². The molecule has 3 rings (SSSR count). The topological polar surface area (TPSA) is 72.9 Å². The number of aliphatic hydroxyl groups is 1. The second-order valence-electron chi connectivity index (χ2n) is 7.49. The first-order valence-corrected chi connectivity index (χ1v) is 9.03. The molecule has 25 heavy (non-hydrogen) atoms. The second kappa shape index (κ2) is 7.54. The van der Waals surface area contributed by atoms with Crippen LogP contribution in [0.2, 0.25) is 0 Å². The minimum Gasteiger partial charge on any atom is -0.390 e. The van der Waals surface area contributed by atoms with Gasteiger partial charge in [-0.3, -0.25) is 14.6 Å². The third-order valence-corrected chi connectivity index (χ3v) is 4.89. The molecule has 0 saturated carbocycles. The van der Waals surface area contributed by atoms with Crippen molar-refractivity contribution in [1.29, 1.82) is 0 Å². The summed E-state index contributed by atoms with van der Waals surface area (Å²) in [6.45, 7) is 6.22. The summed E-state index contributed by atoms with van der Waals surface area (Å²) in [6.07, 6.45) is 0.848. The smallest absolute Gasteiger partial charge is 0.324 e. The predicted octanol–water partition coefficient (Wildman–Crippen LogP) is 1.37. The molecule has 0 bridgehead atoms. The van der Waals surface area contributed by atoms with Gasteiger partial charge in [-0.2, -0.15) is 0 Å². The van der Waals surface area contributed by atoms with Crippen LogP contribution >= 0.6 is 0 Å². The van der Waals surface area contributed by atoms with Gasteiger partial charge in [0.25, 0.3) is 5.91 Å². The zero-order chi connectivity index (χ0) is 18.0. The summed E-state index contributed by atoms with van der Waals surface area (Å²) in [7, 11) is 0. The maximum absolute atomic E-state index is 12.4. The molecule has 6 nitrogen and oxygen atoms in total. The van der Waals surface area contributed by atoms with Gasteiger partial charge in [0, 0.05) is 19.6 Å². The van der Waals surface area contributed by atoms with E-state index in [1.165, 1.54) is 11.1 Å². The number of benzene rings is 1. The molecule has 2 N–H and O–H groups in total. The number of carbonyl (C=O) groups excluding carboxylic acids is 2. The number of β-amino-alcohol motifs (C(OH)–C–C–N with tert-alkyl or cyclic N) is 1. The molecule has 1 aromatic rings. The first-order chi connectivity index (χ1) is 11.9. The lowest BCUT2D eigenvalue weighted by atomic mass is 10.00. The van der Waals surface area contributed by atoms with Crippen molar-refractivity contribution in [3.8, 4) is 0 Å². The Balaban J connectivity index is 1.54. The van der Waals surface area contributed by atoms with Crippen LogP contribution in [-0.4, -0.2) is 58.6 Å². The number of imide groups is 1. The van der Waals surface area contributed by atoms with E-state index in [1.54, 1.807) is 0 Å². The van der Waals surface area contributed by atoms with Gasteiger partial charge in [0.05, 0.1) is 12.6 Å². The Kier molecular flexibility index (Phi) is 5.39. The largest absolute Gasteiger partial charge is 0.390 e. The minimum absolute atomic E-state index is 0.0530. The molecule has 0 unspecified atom stereocenters. The number of fused-ring (bicyclic) bond motifs is 1. The first kappa shape index (κ1) is 17.9. The maximum Gasteiger partial charge on any atom is 0.324 e. The minimum atomic E-state index is -0.738. The van der Waals surface area contributed by atoms with Gasteiger partial charge >= 0.3 is 6.03 Å². The van der Waals surface area contributed by atoms with E-state index >= 15 is 0 Å². The number of amides is 3. The van der Waals surface area contributed by atoms with Crippen molar-refractivity contribution < 1.29 is 14.7 Å². The van der Waals surface area contributed by atoms with Gasteiger partial charge in [-0.1, -0.05) is 38.1 Å². The van der Waals surface area contributed by atoms with Gasteiger partial charge in [0.15, 0.2) is 0 Å². The van der Waals surface area contributed by atoms with Gasteiger partial charge in [0.2, 0.25) is 0 Å². The average Bonchev–Trinajstić information content (AvgIpc) is 2.81. The maximum atomic E-state index is 12.4. The fourth-order valence-corrected chi connectivity index (χ4v) is 3.66. The van der Waals surface area contributed by atoms with Crippen LogP contribution in [0.3, 0.4) is 0 Å². The lowest BCUT2D eigenvalue weighted by Gasteiger charge is -2.31. The highest BCUT2D eigenvalue weighted by molar-refractivity contribution is 6.04. The number of aliphatic hydroxyl groups excluding tert-OH is 1. The predicted molar refractivity (Wildman–Crippen MR) is 94.9 cm³/mol. The quantitative estimate of drug-likeness (QED) is 0.764. The molecular formula is C19H27N3O3. The molecular weight excluding hydrogens is 318 g/mol. The highest BCUT2D eigenvalue weighted by Gasteiger charge is 2.39. The van der Waals surface area contributed by atoms with Crippen molar-refractivity contribution >= 4 is 11.9 Å². The van der Waals surface area contributed by atoms with Crippen molar-refractivity contribution in [2.24, 2.45) is 5.92 Å². The van der Waals surface area contributed by atoms with E-state index in [-0.39, 0.29) is 12.5 Å². The van der Waals surface area contributed by atoms with Crippen LogP contribution in [-0.2, 0) is 17.8 Å². The molecule has 6 heteroatoms. The normalized spacial score (nSPS) is 22.2. The van der Waals surface area contributed by atoms with Gasteiger partial charge in [-0.15, -0.1) is 0 Å². The molecule has 2 atom stereocenters. The molecule has 0 spiro atoms. The summed E-state index contributed by atoms with van der Waals surface area (Å²) in [6, 6.07) is 7.49. The molecule has 3 amide bonds. The SMILES string of the molecule is CC(C)C[C@@H]1NC(=O)N(C[C@@H](O)CN2CCc3ccccc3C2)C1=O. The summed E-state index contributed by atoms with van der Waals surface area (Å²) in [4.78, 5) is 27.7. The number of nitrogens with zero attached hydrogens (tertiary/aromatic N) is 2. The van der Waals surface area contributed by atoms with E-state index < -0.39 is 18.2 Å². The first-order valence-electron chi connectivity index (χ1n) is 9.03. The zero-order valence-electron chi connectivity index (χ0n) is 14.9. The van der Waals surface area contributed by atoms with Crippen LogP contribution in [0.25, 0.3) is 0 Å². The fraction of sp³-hybridized carbons (Fsp3) is 0.579. The van der Waals surface area contributed by atoms with Gasteiger partial charge in [-0.25, -0.2) is 4.79 Å². The molecule has 0 aromatic heterocycles. The van der Waals surface area contributed by atoms with Gasteiger partial charge in [-0.05, 0) is 29.9 Å². The van der Waals surface area contributed by atoms with Crippen molar-refractivity contribution in [3.05, 3.63) is 35.4 Å². The highest BCUT2D eigenvalue weighted by atomic mass is 16.3. The Labute approximate surface area is 148 Å². The highest BCUT2D eigenvalue weighted by Crippen LogP contribution is 2.19. The fourth-order valence-electron chi connectivity index (χ4n) is 3.66. The number of nitrogens with one attached hydrogen (secondary N) is 1. The monoisotopic (exact) mass is 345 g/mol. The van der Waals surface area contributed by atoms with E-state index in [9.17, 15) is 14.7 Å². The van der Waals surface area contributed by atoms with Crippen molar-refractivity contribution in [2.75, 3.05) is 19.6 Å². The molecule has 0 aliphatic carbocycles. The van der Waals surface area contributed by atoms with Crippen molar-refractivity contribution in [3.63, 3.8) is 0 Å². The molecule has 1 saturated heterocycles. The molecule has 2 aliphatic rings. The molecule has 2 aliphatic heterocycles. The van der Waals surface area contributed by atoms with Crippen LogP contribution < -0.4 is 5.32 Å². The van der Waals surface area contributed by atoms with E-state index in [0.717, 1.165) is 24.4 Å². The molecule has 1 aromatic carbocycles. The number of urea groups is 1. The Bertz CT molecular complexity index is 647. The number of hydrogen-bond donors (Lipinski definition) is 2. The summed E-state index contributed by atoms with van der Waals surface area (Å²) in [5.41, 5.74) is 2.65. The summed E-state index contributed by atoms with van der Waals surface area (Å²) < 4.78 is 0. The van der Waals surface area contributed by atoms with Gasteiger partial charge < -0.3 is 10.4 Å². The molecule has 1 fully saturated rings. The van der Waals surface area contributed by atoms with Crippen molar-refractivity contribution in [1.82, 2.24) is 15.1 Å². The number of rotatable bonds is 6. The molecule has 0 radical (unpaired) electrons. The second-order valence-corrected chi connectivity index (χ2v) is 7.49. The number of hydrogen-bond acceptors (Lipinski definition) is 4. The van der Waals surface area contributed by atoms with Crippen molar-refractivity contribution in [2.45, 2.75) is 45.4 Å². The lowest BCUT2D eigenvalue weighted by Crippen LogP contribution is -2.44. The van der Waals surface area contributed by atoms with Crippen LogP contribution in [0, 0.1) is 5.92 Å². The van der Waals surface area contributed by atoms with Crippen LogP contribution in [0.1, 0.15) is 31.4 Å². The van der Waals surface area contributed by atoms with Crippen LogP contribution in [0.15, 0.2) is 24.3 Å². The number of carbonyl (C=O) groups is 2.